The van der Waals surface area contributed by atoms with Crippen LogP contribution in [-0.4, -0.2) is 33.0 Å². The Balaban J connectivity index is 1.74. The number of carbonyl (C=O) groups excluding carboxylic acids is 1. The Morgan fingerprint density at radius 1 is 1.17 bits per heavy atom. The molecule has 0 aliphatic heterocycles. The summed E-state index contributed by atoms with van der Waals surface area (Å²) in [7, 11) is 0. The van der Waals surface area contributed by atoms with Gasteiger partial charge in [-0.1, -0.05) is 56.8 Å². The Morgan fingerprint density at radius 2 is 1.97 bits per heavy atom. The standard InChI is InChI=1S/C22H28N4O2S/c1-16-8-5-6-10-18(16)20-24-25-21(26(20)14-17-9-7-13-28-17)29-15-19(27)23-12-11-22(2,3)4/h5-10,13H,11-12,14-15H2,1-4H3,(H,23,27). The fourth-order valence-corrected chi connectivity index (χ4v) is 3.65. The first-order valence-electron chi connectivity index (χ1n) is 9.74. The van der Waals surface area contributed by atoms with Crippen LogP contribution in [0.1, 0.15) is 38.5 Å². The molecule has 0 atom stereocenters. The maximum absolute atomic E-state index is 12.3. The number of aromatic nitrogens is 3. The summed E-state index contributed by atoms with van der Waals surface area (Å²) < 4.78 is 7.54. The van der Waals surface area contributed by atoms with Gasteiger partial charge in [0.2, 0.25) is 5.91 Å². The molecule has 0 saturated heterocycles. The second-order valence-electron chi connectivity index (χ2n) is 8.24. The highest BCUT2D eigenvalue weighted by molar-refractivity contribution is 7.99. The fourth-order valence-electron chi connectivity index (χ4n) is 2.88. The zero-order valence-electron chi connectivity index (χ0n) is 17.4. The molecule has 1 amide bonds. The van der Waals surface area contributed by atoms with Crippen molar-refractivity contribution < 1.29 is 9.21 Å². The zero-order chi connectivity index (χ0) is 20.9. The van der Waals surface area contributed by atoms with Gasteiger partial charge in [-0.05, 0) is 36.5 Å². The third-order valence-corrected chi connectivity index (χ3v) is 5.49. The van der Waals surface area contributed by atoms with Gasteiger partial charge >= 0.3 is 0 Å². The van der Waals surface area contributed by atoms with E-state index in [0.717, 1.165) is 29.1 Å². The minimum Gasteiger partial charge on any atom is -0.467 e. The molecule has 1 N–H and O–H groups in total. The summed E-state index contributed by atoms with van der Waals surface area (Å²) >= 11 is 1.39. The molecule has 0 bridgehead atoms. The van der Waals surface area contributed by atoms with E-state index in [1.165, 1.54) is 11.8 Å². The predicted octanol–water partition coefficient (Wildman–Crippen LogP) is 4.54. The fraction of sp³-hybridized carbons (Fsp3) is 0.409. The number of hydrogen-bond acceptors (Lipinski definition) is 5. The summed E-state index contributed by atoms with van der Waals surface area (Å²) in [6.07, 6.45) is 2.60. The van der Waals surface area contributed by atoms with Crippen LogP contribution in [0.25, 0.3) is 11.4 Å². The van der Waals surface area contributed by atoms with Crippen LogP contribution in [0.2, 0.25) is 0 Å². The Hall–Kier alpha value is -2.54. The molecule has 3 aromatic rings. The van der Waals surface area contributed by atoms with E-state index < -0.39 is 0 Å². The third kappa shape index (κ3) is 5.97. The minimum absolute atomic E-state index is 0.00393. The number of hydrogen-bond donors (Lipinski definition) is 1. The summed E-state index contributed by atoms with van der Waals surface area (Å²) in [4.78, 5) is 12.3. The van der Waals surface area contributed by atoms with Gasteiger partial charge in [-0.25, -0.2) is 0 Å². The normalized spacial score (nSPS) is 11.6. The summed E-state index contributed by atoms with van der Waals surface area (Å²) in [6.45, 7) is 9.74. The summed E-state index contributed by atoms with van der Waals surface area (Å²) in [5.41, 5.74) is 2.34. The quantitative estimate of drug-likeness (QED) is 0.550. The van der Waals surface area contributed by atoms with Crippen LogP contribution in [0, 0.1) is 12.3 Å². The summed E-state index contributed by atoms with van der Waals surface area (Å²) in [6, 6.07) is 11.9. The number of amides is 1. The second-order valence-corrected chi connectivity index (χ2v) is 9.18. The molecule has 6 nitrogen and oxygen atoms in total. The van der Waals surface area contributed by atoms with Gasteiger partial charge in [0.15, 0.2) is 11.0 Å². The van der Waals surface area contributed by atoms with Crippen molar-refractivity contribution in [2.75, 3.05) is 12.3 Å². The Morgan fingerprint density at radius 3 is 2.66 bits per heavy atom. The van der Waals surface area contributed by atoms with E-state index in [4.69, 9.17) is 4.42 Å². The Labute approximate surface area is 176 Å². The van der Waals surface area contributed by atoms with Crippen molar-refractivity contribution >= 4 is 17.7 Å². The number of nitrogens with zero attached hydrogens (tertiary/aromatic N) is 3. The lowest BCUT2D eigenvalue weighted by atomic mass is 9.92. The van der Waals surface area contributed by atoms with E-state index in [1.54, 1.807) is 6.26 Å². The number of aryl methyl sites for hydroxylation is 1. The largest absolute Gasteiger partial charge is 0.467 e. The molecule has 2 heterocycles. The Kier molecular flexibility index (Phi) is 6.79. The summed E-state index contributed by atoms with van der Waals surface area (Å²) in [5.74, 6) is 1.89. The van der Waals surface area contributed by atoms with Gasteiger partial charge in [-0.2, -0.15) is 0 Å². The van der Waals surface area contributed by atoms with E-state index in [1.807, 2.05) is 34.9 Å². The van der Waals surface area contributed by atoms with Crippen LogP contribution in [-0.2, 0) is 11.3 Å². The maximum atomic E-state index is 12.3. The van der Waals surface area contributed by atoms with E-state index in [-0.39, 0.29) is 11.3 Å². The number of rotatable bonds is 8. The maximum Gasteiger partial charge on any atom is 0.230 e. The lowest BCUT2D eigenvalue weighted by molar-refractivity contribution is -0.118. The van der Waals surface area contributed by atoms with Crippen LogP contribution < -0.4 is 5.32 Å². The van der Waals surface area contributed by atoms with Gasteiger partial charge in [-0.3, -0.25) is 9.36 Å². The predicted molar refractivity (Wildman–Crippen MR) is 116 cm³/mol. The smallest absolute Gasteiger partial charge is 0.230 e. The number of furan rings is 1. The molecule has 0 spiro atoms. The molecule has 2 aromatic heterocycles. The zero-order valence-corrected chi connectivity index (χ0v) is 18.3. The SMILES string of the molecule is Cc1ccccc1-c1nnc(SCC(=O)NCCC(C)(C)C)n1Cc1ccco1. The molecule has 0 aliphatic rings. The molecule has 0 unspecified atom stereocenters. The molecule has 3 rings (SSSR count). The molecule has 154 valence electrons. The van der Waals surface area contributed by atoms with E-state index in [9.17, 15) is 4.79 Å². The van der Waals surface area contributed by atoms with Gasteiger partial charge in [-0.15, -0.1) is 10.2 Å². The van der Waals surface area contributed by atoms with Crippen molar-refractivity contribution in [3.63, 3.8) is 0 Å². The van der Waals surface area contributed by atoms with Crippen LogP contribution in [0.4, 0.5) is 0 Å². The average Bonchev–Trinajstić information content (AvgIpc) is 3.30. The second kappa shape index (κ2) is 9.31. The minimum atomic E-state index is 0.00393. The van der Waals surface area contributed by atoms with E-state index >= 15 is 0 Å². The number of nitrogens with one attached hydrogen (secondary N) is 1. The van der Waals surface area contributed by atoms with Crippen LogP contribution in [0.15, 0.2) is 52.2 Å². The monoisotopic (exact) mass is 412 g/mol. The highest BCUT2D eigenvalue weighted by atomic mass is 32.2. The first-order valence-corrected chi connectivity index (χ1v) is 10.7. The van der Waals surface area contributed by atoms with Crippen LogP contribution in [0.5, 0.6) is 0 Å². The first kappa shape index (κ1) is 21.2. The lowest BCUT2D eigenvalue weighted by Crippen LogP contribution is -2.28. The number of benzene rings is 1. The molecular weight excluding hydrogens is 384 g/mol. The van der Waals surface area contributed by atoms with Gasteiger partial charge in [0.1, 0.15) is 5.76 Å². The number of thioether (sulfide) groups is 1. The number of carbonyl (C=O) groups is 1. The average molecular weight is 413 g/mol. The van der Waals surface area contributed by atoms with Gasteiger partial charge in [0.05, 0.1) is 18.6 Å². The van der Waals surface area contributed by atoms with Gasteiger partial charge in [0.25, 0.3) is 0 Å². The van der Waals surface area contributed by atoms with Crippen molar-refractivity contribution in [1.29, 1.82) is 0 Å². The van der Waals surface area contributed by atoms with Crippen molar-refractivity contribution in [3.05, 3.63) is 54.0 Å². The molecule has 0 fully saturated rings. The van der Waals surface area contributed by atoms with Gasteiger partial charge < -0.3 is 9.73 Å². The molecule has 0 aliphatic carbocycles. The molecule has 7 heteroatoms. The Bertz CT molecular complexity index is 942. The summed E-state index contributed by atoms with van der Waals surface area (Å²) in [5, 5.41) is 12.5. The lowest BCUT2D eigenvalue weighted by Gasteiger charge is -2.17. The first-order chi connectivity index (χ1) is 13.8. The van der Waals surface area contributed by atoms with Gasteiger partial charge in [0, 0.05) is 12.1 Å². The highest BCUT2D eigenvalue weighted by Gasteiger charge is 2.18. The van der Waals surface area contributed by atoms with E-state index in [0.29, 0.717) is 24.0 Å². The van der Waals surface area contributed by atoms with Crippen molar-refractivity contribution in [2.24, 2.45) is 5.41 Å². The van der Waals surface area contributed by atoms with Crippen molar-refractivity contribution in [3.8, 4) is 11.4 Å². The molecule has 1 aromatic carbocycles. The van der Waals surface area contributed by atoms with Crippen molar-refractivity contribution in [2.45, 2.75) is 45.8 Å². The van der Waals surface area contributed by atoms with Crippen molar-refractivity contribution in [1.82, 2.24) is 20.1 Å². The molecule has 29 heavy (non-hydrogen) atoms. The van der Waals surface area contributed by atoms with Crippen LogP contribution >= 0.6 is 11.8 Å². The molecule has 0 saturated carbocycles. The molecule has 0 radical (unpaired) electrons. The molecular formula is C22H28N4O2S. The van der Waals surface area contributed by atoms with Crippen LogP contribution in [0.3, 0.4) is 0 Å². The van der Waals surface area contributed by atoms with E-state index in [2.05, 4.69) is 49.3 Å². The topological polar surface area (TPSA) is 73.0 Å². The highest BCUT2D eigenvalue weighted by Crippen LogP contribution is 2.27. The third-order valence-electron chi connectivity index (χ3n) is 4.53.